The third-order valence-electron chi connectivity index (χ3n) is 5.38. The quantitative estimate of drug-likeness (QED) is 0.594. The molecule has 1 fully saturated rings. The van der Waals surface area contributed by atoms with Gasteiger partial charge in [-0.1, -0.05) is 0 Å². The lowest BCUT2D eigenvalue weighted by molar-refractivity contribution is -0.132. The Kier molecular flexibility index (Phi) is 6.12. The van der Waals surface area contributed by atoms with Gasteiger partial charge in [-0.25, -0.2) is 16.8 Å². The van der Waals surface area contributed by atoms with E-state index >= 15 is 0 Å². The number of nitrogens with zero attached hydrogens (tertiary/aromatic N) is 4. The maximum absolute atomic E-state index is 13.1. The van der Waals surface area contributed by atoms with Crippen molar-refractivity contribution >= 4 is 25.8 Å². The fourth-order valence-corrected chi connectivity index (χ4v) is 6.87. The summed E-state index contributed by atoms with van der Waals surface area (Å²) in [5, 5.41) is 4.26. The topological polar surface area (TPSA) is 123 Å². The Morgan fingerprint density at radius 1 is 1.33 bits per heavy atom. The lowest BCUT2D eigenvalue weighted by Crippen LogP contribution is -2.40. The molecule has 0 unspecified atom stereocenters. The van der Waals surface area contributed by atoms with Crippen molar-refractivity contribution in [1.82, 2.24) is 19.0 Å². The van der Waals surface area contributed by atoms with Crippen LogP contribution in [-0.2, 0) is 37.7 Å². The van der Waals surface area contributed by atoms with Gasteiger partial charge < -0.3 is 9.32 Å². The van der Waals surface area contributed by atoms with Gasteiger partial charge in [0.1, 0.15) is 17.2 Å². The summed E-state index contributed by atoms with van der Waals surface area (Å²) in [7, 11) is -3.96. The maximum Gasteiger partial charge on any atom is 0.246 e. The molecule has 0 saturated carbocycles. The van der Waals surface area contributed by atoms with Crippen LogP contribution in [0.1, 0.15) is 23.6 Å². The van der Waals surface area contributed by atoms with Crippen molar-refractivity contribution in [2.45, 2.75) is 44.3 Å². The first-order chi connectivity index (χ1) is 13.9. The fourth-order valence-electron chi connectivity index (χ4n) is 3.59. The van der Waals surface area contributed by atoms with Crippen LogP contribution in [0.4, 0.5) is 0 Å². The molecule has 3 heterocycles. The summed E-state index contributed by atoms with van der Waals surface area (Å²) in [5.41, 5.74) is 0.636. The highest BCUT2D eigenvalue weighted by Crippen LogP contribution is 2.24. The first-order valence-electron chi connectivity index (χ1n) is 9.41. The largest absolute Gasteiger partial charge is 0.468 e. The first kappa shape index (κ1) is 22.5. The normalized spacial score (nSPS) is 18.8. The molecular formula is C18H26N4O6S2. The molecule has 0 N–H and O–H groups in total. The minimum Gasteiger partial charge on any atom is -0.468 e. The molecule has 1 aliphatic rings. The van der Waals surface area contributed by atoms with Gasteiger partial charge in [-0.2, -0.15) is 9.40 Å². The Morgan fingerprint density at radius 2 is 2.03 bits per heavy atom. The molecule has 166 valence electrons. The van der Waals surface area contributed by atoms with Gasteiger partial charge in [0.25, 0.3) is 0 Å². The number of sulfonamides is 1. The summed E-state index contributed by atoms with van der Waals surface area (Å²) in [4.78, 5) is 14.1. The van der Waals surface area contributed by atoms with E-state index in [0.717, 1.165) is 0 Å². The van der Waals surface area contributed by atoms with E-state index in [0.29, 0.717) is 17.9 Å². The Labute approximate surface area is 176 Å². The van der Waals surface area contributed by atoms with Crippen LogP contribution in [0.15, 0.2) is 27.7 Å². The second-order valence-corrected chi connectivity index (χ2v) is 11.8. The summed E-state index contributed by atoms with van der Waals surface area (Å²) in [6, 6.07) is 3.00. The third-order valence-corrected chi connectivity index (χ3v) is 9.18. The Hall–Kier alpha value is -2.18. The zero-order valence-corrected chi connectivity index (χ0v) is 19.0. The molecule has 2 aromatic heterocycles. The number of rotatable bonds is 7. The molecule has 3 rings (SSSR count). The van der Waals surface area contributed by atoms with Crippen molar-refractivity contribution < 1.29 is 26.0 Å². The SMILES string of the molecule is Cc1nn(CC(=O)N(C)[C@H]2CCS(=O)(=O)C2)c(C)c1S(=O)(=O)N(C)Cc1ccco1. The average molecular weight is 459 g/mol. The van der Waals surface area contributed by atoms with Crippen LogP contribution in [0.2, 0.25) is 0 Å². The van der Waals surface area contributed by atoms with Crippen molar-refractivity contribution in [1.29, 1.82) is 0 Å². The van der Waals surface area contributed by atoms with E-state index < -0.39 is 19.9 Å². The number of likely N-dealkylation sites (N-methyl/N-ethyl adjacent to an activating group) is 1. The third kappa shape index (κ3) is 4.44. The lowest BCUT2D eigenvalue weighted by atomic mass is 10.2. The Balaban J connectivity index is 1.79. The number of sulfone groups is 1. The second kappa shape index (κ2) is 8.16. The standard InChI is InChI=1S/C18H26N4O6S2/c1-13-18(30(26,27)20(3)10-16-6-5-8-28-16)14(2)22(19-13)11-17(23)21(4)15-7-9-29(24,25)12-15/h5-6,8,15H,7,9-12H2,1-4H3/t15-/m0/s1. The number of hydrogen-bond donors (Lipinski definition) is 0. The van der Waals surface area contributed by atoms with Gasteiger partial charge in [-0.15, -0.1) is 0 Å². The first-order valence-corrected chi connectivity index (χ1v) is 12.7. The average Bonchev–Trinajstić information content (AvgIpc) is 3.35. The van der Waals surface area contributed by atoms with Crippen LogP contribution < -0.4 is 0 Å². The van der Waals surface area contributed by atoms with Gasteiger partial charge in [0.05, 0.1) is 35.7 Å². The van der Waals surface area contributed by atoms with Gasteiger partial charge >= 0.3 is 0 Å². The number of furan rings is 1. The molecule has 0 aromatic carbocycles. The number of amides is 1. The number of carbonyl (C=O) groups is 1. The van der Waals surface area contributed by atoms with E-state index in [2.05, 4.69) is 5.10 Å². The van der Waals surface area contributed by atoms with Crippen LogP contribution >= 0.6 is 0 Å². The van der Waals surface area contributed by atoms with Crippen molar-refractivity contribution in [3.05, 3.63) is 35.5 Å². The highest BCUT2D eigenvalue weighted by atomic mass is 32.2. The van der Waals surface area contributed by atoms with E-state index in [9.17, 15) is 21.6 Å². The van der Waals surface area contributed by atoms with E-state index in [-0.39, 0.29) is 47.1 Å². The zero-order valence-electron chi connectivity index (χ0n) is 17.4. The van der Waals surface area contributed by atoms with Gasteiger partial charge in [0.15, 0.2) is 9.84 Å². The highest BCUT2D eigenvalue weighted by Gasteiger charge is 2.34. The van der Waals surface area contributed by atoms with E-state index in [1.807, 2.05) is 0 Å². The fraction of sp³-hybridized carbons (Fsp3) is 0.556. The highest BCUT2D eigenvalue weighted by molar-refractivity contribution is 7.91. The van der Waals surface area contributed by atoms with Gasteiger partial charge in [-0.3, -0.25) is 9.48 Å². The monoisotopic (exact) mass is 458 g/mol. The molecule has 2 aromatic rings. The van der Waals surface area contributed by atoms with Crippen molar-refractivity contribution in [3.63, 3.8) is 0 Å². The van der Waals surface area contributed by atoms with Crippen LogP contribution in [0.3, 0.4) is 0 Å². The Morgan fingerprint density at radius 3 is 2.60 bits per heavy atom. The number of aromatic nitrogens is 2. The Bertz CT molecular complexity index is 1140. The minimum atomic E-state index is -3.86. The maximum atomic E-state index is 13.1. The molecule has 0 aliphatic carbocycles. The van der Waals surface area contributed by atoms with Crippen LogP contribution in [0.5, 0.6) is 0 Å². The zero-order chi connectivity index (χ0) is 22.3. The van der Waals surface area contributed by atoms with E-state index in [4.69, 9.17) is 4.42 Å². The predicted octanol–water partition coefficient (Wildman–Crippen LogP) is 0.559. The van der Waals surface area contributed by atoms with E-state index in [1.54, 1.807) is 33.0 Å². The number of hydrogen-bond acceptors (Lipinski definition) is 7. The molecular weight excluding hydrogens is 432 g/mol. The molecule has 0 bridgehead atoms. The molecule has 1 aliphatic heterocycles. The number of aryl methyl sites for hydroxylation is 1. The van der Waals surface area contributed by atoms with E-state index in [1.165, 1.54) is 27.2 Å². The molecule has 1 amide bonds. The predicted molar refractivity (Wildman–Crippen MR) is 109 cm³/mol. The van der Waals surface area contributed by atoms with Gasteiger partial charge in [-0.05, 0) is 32.4 Å². The molecule has 1 atom stereocenters. The molecule has 0 radical (unpaired) electrons. The minimum absolute atomic E-state index is 0.0513. The summed E-state index contributed by atoms with van der Waals surface area (Å²) in [6.07, 6.45) is 1.88. The smallest absolute Gasteiger partial charge is 0.246 e. The van der Waals surface area contributed by atoms with Crippen LogP contribution in [0.25, 0.3) is 0 Å². The number of carbonyl (C=O) groups excluding carboxylic acids is 1. The van der Waals surface area contributed by atoms with Crippen LogP contribution in [-0.4, -0.2) is 73.4 Å². The molecule has 10 nitrogen and oxygen atoms in total. The van der Waals surface area contributed by atoms with Crippen molar-refractivity contribution in [2.24, 2.45) is 0 Å². The molecule has 30 heavy (non-hydrogen) atoms. The summed E-state index contributed by atoms with van der Waals surface area (Å²) < 4.78 is 57.3. The van der Waals surface area contributed by atoms with Crippen molar-refractivity contribution in [2.75, 3.05) is 25.6 Å². The van der Waals surface area contributed by atoms with Crippen molar-refractivity contribution in [3.8, 4) is 0 Å². The molecule has 12 heteroatoms. The summed E-state index contributed by atoms with van der Waals surface area (Å²) >= 11 is 0. The second-order valence-electron chi connectivity index (χ2n) is 7.56. The van der Waals surface area contributed by atoms with Crippen LogP contribution in [0, 0.1) is 13.8 Å². The molecule has 0 spiro atoms. The lowest BCUT2D eigenvalue weighted by Gasteiger charge is -2.23. The molecule has 1 saturated heterocycles. The van der Waals surface area contributed by atoms with Gasteiger partial charge in [0, 0.05) is 20.1 Å². The summed E-state index contributed by atoms with van der Waals surface area (Å²) in [5.74, 6) is 0.200. The summed E-state index contributed by atoms with van der Waals surface area (Å²) in [6.45, 7) is 3.07. The van der Waals surface area contributed by atoms with Gasteiger partial charge in [0.2, 0.25) is 15.9 Å².